The van der Waals surface area contributed by atoms with E-state index in [1.807, 2.05) is 6.20 Å². The van der Waals surface area contributed by atoms with E-state index in [0.717, 1.165) is 23.1 Å². The van der Waals surface area contributed by atoms with E-state index < -0.39 is 0 Å². The van der Waals surface area contributed by atoms with E-state index in [9.17, 15) is 5.11 Å². The predicted octanol–water partition coefficient (Wildman–Crippen LogP) is 3.12. The fraction of sp³-hybridized carbons (Fsp3) is 0.615. The molecule has 0 amide bonds. The molecule has 2 N–H and O–H groups in total. The van der Waals surface area contributed by atoms with E-state index >= 15 is 0 Å². The highest BCUT2D eigenvalue weighted by Gasteiger charge is 2.21. The van der Waals surface area contributed by atoms with E-state index in [1.54, 1.807) is 0 Å². The number of hydrogen-bond acceptors (Lipinski definition) is 3. The molecular formula is C13H19BrN2O. The summed E-state index contributed by atoms with van der Waals surface area (Å²) < 4.78 is 1.04. The number of rotatable bonds is 3. The van der Waals surface area contributed by atoms with Gasteiger partial charge in [0, 0.05) is 23.3 Å². The third kappa shape index (κ3) is 3.42. The summed E-state index contributed by atoms with van der Waals surface area (Å²) in [5.74, 6) is 1.40. The van der Waals surface area contributed by atoms with Gasteiger partial charge in [-0.15, -0.1) is 0 Å². The van der Waals surface area contributed by atoms with Crippen molar-refractivity contribution in [3.05, 3.63) is 22.3 Å². The van der Waals surface area contributed by atoms with Gasteiger partial charge in [-0.25, -0.2) is 4.98 Å². The van der Waals surface area contributed by atoms with Crippen molar-refractivity contribution in [2.24, 2.45) is 5.92 Å². The number of hydrogen-bond donors (Lipinski definition) is 2. The zero-order valence-electron chi connectivity index (χ0n) is 10.1. The van der Waals surface area contributed by atoms with Crippen molar-refractivity contribution in [3.8, 4) is 0 Å². The zero-order chi connectivity index (χ0) is 12.3. The summed E-state index contributed by atoms with van der Waals surface area (Å²) in [7, 11) is 0. The van der Waals surface area contributed by atoms with Crippen LogP contribution in [0.5, 0.6) is 0 Å². The maximum Gasteiger partial charge on any atom is 0.126 e. The van der Waals surface area contributed by atoms with Crippen LogP contribution in [0.1, 0.15) is 31.2 Å². The summed E-state index contributed by atoms with van der Waals surface area (Å²) in [6.07, 6.45) is 6.41. The monoisotopic (exact) mass is 298 g/mol. The second-order valence-corrected chi connectivity index (χ2v) is 5.73. The first-order chi connectivity index (χ1) is 8.19. The van der Waals surface area contributed by atoms with E-state index in [0.29, 0.717) is 18.6 Å². The van der Waals surface area contributed by atoms with Gasteiger partial charge in [0.2, 0.25) is 0 Å². The Kier molecular flexibility index (Phi) is 4.40. The fourth-order valence-electron chi connectivity index (χ4n) is 2.42. The number of nitrogens with zero attached hydrogens (tertiary/aromatic N) is 1. The number of aromatic nitrogens is 1. The summed E-state index contributed by atoms with van der Waals surface area (Å²) in [6, 6.07) is 2.51. The average Bonchev–Trinajstić information content (AvgIpc) is 2.34. The van der Waals surface area contributed by atoms with Gasteiger partial charge in [0.05, 0.1) is 0 Å². The predicted molar refractivity (Wildman–Crippen MR) is 73.1 cm³/mol. The molecule has 1 aromatic rings. The lowest BCUT2D eigenvalue weighted by Gasteiger charge is -2.29. The number of halogens is 1. The van der Waals surface area contributed by atoms with Crippen molar-refractivity contribution < 1.29 is 5.11 Å². The molecule has 1 heterocycles. The van der Waals surface area contributed by atoms with Crippen molar-refractivity contribution in [2.45, 2.75) is 38.6 Å². The summed E-state index contributed by atoms with van der Waals surface area (Å²) in [5.41, 5.74) is 1.19. The topological polar surface area (TPSA) is 45.1 Å². The normalized spacial score (nSPS) is 24.6. The largest absolute Gasteiger partial charge is 0.396 e. The van der Waals surface area contributed by atoms with Crippen LogP contribution in [-0.4, -0.2) is 22.7 Å². The molecule has 1 aromatic heterocycles. The fourth-order valence-corrected chi connectivity index (χ4v) is 2.63. The second kappa shape index (κ2) is 5.83. The molecule has 0 saturated heterocycles. The van der Waals surface area contributed by atoms with Crippen LogP contribution in [0.25, 0.3) is 0 Å². The highest BCUT2D eigenvalue weighted by Crippen LogP contribution is 2.26. The Labute approximate surface area is 111 Å². The van der Waals surface area contributed by atoms with Gasteiger partial charge in [0.15, 0.2) is 0 Å². The maximum atomic E-state index is 9.21. The van der Waals surface area contributed by atoms with Gasteiger partial charge in [-0.3, -0.25) is 0 Å². The minimum atomic E-state index is 0.310. The Morgan fingerprint density at radius 1 is 1.53 bits per heavy atom. The molecule has 1 saturated carbocycles. The Morgan fingerprint density at radius 2 is 2.35 bits per heavy atom. The number of aryl methyl sites for hydroxylation is 1. The molecule has 94 valence electrons. The molecule has 3 nitrogen and oxygen atoms in total. The van der Waals surface area contributed by atoms with Gasteiger partial charge < -0.3 is 10.4 Å². The molecule has 2 rings (SSSR count). The van der Waals surface area contributed by atoms with Gasteiger partial charge in [0.25, 0.3) is 0 Å². The van der Waals surface area contributed by atoms with Crippen molar-refractivity contribution in [1.29, 1.82) is 0 Å². The molecule has 4 heteroatoms. The Bertz CT molecular complexity index is 384. The Morgan fingerprint density at radius 3 is 3.06 bits per heavy atom. The minimum Gasteiger partial charge on any atom is -0.396 e. The van der Waals surface area contributed by atoms with Crippen molar-refractivity contribution in [3.63, 3.8) is 0 Å². The quantitative estimate of drug-likeness (QED) is 0.901. The molecule has 2 atom stereocenters. The van der Waals surface area contributed by atoms with Gasteiger partial charge in [-0.2, -0.15) is 0 Å². The first-order valence-corrected chi connectivity index (χ1v) is 6.98. The van der Waals surface area contributed by atoms with Gasteiger partial charge >= 0.3 is 0 Å². The molecule has 0 spiro atoms. The molecule has 1 aliphatic carbocycles. The number of pyridine rings is 1. The van der Waals surface area contributed by atoms with Crippen molar-refractivity contribution >= 4 is 21.7 Å². The van der Waals surface area contributed by atoms with Crippen LogP contribution >= 0.6 is 15.9 Å². The van der Waals surface area contributed by atoms with E-state index in [2.05, 4.69) is 39.2 Å². The van der Waals surface area contributed by atoms with E-state index in [-0.39, 0.29) is 0 Å². The van der Waals surface area contributed by atoms with E-state index in [1.165, 1.54) is 18.4 Å². The number of aliphatic hydroxyl groups is 1. The molecular weight excluding hydrogens is 280 g/mol. The average molecular weight is 299 g/mol. The molecule has 0 bridgehead atoms. The standard InChI is InChI=1S/C13H19BrN2O/c1-9-5-13(15-7-12(9)14)16-11-4-2-3-10(6-11)8-17/h5,7,10-11,17H,2-4,6,8H2,1H3,(H,15,16). The first kappa shape index (κ1) is 12.8. The molecule has 17 heavy (non-hydrogen) atoms. The first-order valence-electron chi connectivity index (χ1n) is 6.18. The molecule has 1 fully saturated rings. The minimum absolute atomic E-state index is 0.310. The van der Waals surface area contributed by atoms with Crippen molar-refractivity contribution in [2.75, 3.05) is 11.9 Å². The molecule has 0 aliphatic heterocycles. The Balaban J connectivity index is 1.97. The van der Waals surface area contributed by atoms with Gasteiger partial charge in [-0.1, -0.05) is 6.42 Å². The van der Waals surface area contributed by atoms with Crippen LogP contribution in [0.3, 0.4) is 0 Å². The van der Waals surface area contributed by atoms with Gasteiger partial charge in [-0.05, 0) is 59.7 Å². The zero-order valence-corrected chi connectivity index (χ0v) is 11.7. The third-order valence-electron chi connectivity index (χ3n) is 3.44. The maximum absolute atomic E-state index is 9.21. The highest BCUT2D eigenvalue weighted by atomic mass is 79.9. The van der Waals surface area contributed by atoms with Crippen LogP contribution in [0.4, 0.5) is 5.82 Å². The Hall–Kier alpha value is -0.610. The van der Waals surface area contributed by atoms with Crippen LogP contribution in [0.2, 0.25) is 0 Å². The molecule has 1 aliphatic rings. The van der Waals surface area contributed by atoms with Crippen LogP contribution < -0.4 is 5.32 Å². The number of anilines is 1. The van der Waals surface area contributed by atoms with Crippen LogP contribution in [-0.2, 0) is 0 Å². The van der Waals surface area contributed by atoms with Crippen LogP contribution in [0.15, 0.2) is 16.7 Å². The summed E-state index contributed by atoms with van der Waals surface area (Å²) in [5, 5.41) is 12.7. The number of nitrogens with one attached hydrogen (secondary N) is 1. The SMILES string of the molecule is Cc1cc(NC2CCCC(CO)C2)ncc1Br. The molecule has 0 radical (unpaired) electrons. The molecule has 0 aromatic carbocycles. The highest BCUT2D eigenvalue weighted by molar-refractivity contribution is 9.10. The lowest BCUT2D eigenvalue weighted by Crippen LogP contribution is -2.29. The lowest BCUT2D eigenvalue weighted by atomic mass is 9.86. The lowest BCUT2D eigenvalue weighted by molar-refractivity contribution is 0.184. The number of aliphatic hydroxyl groups excluding tert-OH is 1. The smallest absolute Gasteiger partial charge is 0.126 e. The van der Waals surface area contributed by atoms with E-state index in [4.69, 9.17) is 0 Å². The van der Waals surface area contributed by atoms with Crippen molar-refractivity contribution in [1.82, 2.24) is 4.98 Å². The second-order valence-electron chi connectivity index (χ2n) is 4.88. The summed E-state index contributed by atoms with van der Waals surface area (Å²) in [6.45, 7) is 2.37. The summed E-state index contributed by atoms with van der Waals surface area (Å²) in [4.78, 5) is 4.36. The third-order valence-corrected chi connectivity index (χ3v) is 4.27. The molecule has 2 unspecified atom stereocenters. The van der Waals surface area contributed by atoms with Gasteiger partial charge in [0.1, 0.15) is 5.82 Å². The van der Waals surface area contributed by atoms with Crippen LogP contribution in [0, 0.1) is 12.8 Å². The summed E-state index contributed by atoms with van der Waals surface area (Å²) >= 11 is 3.45.